The maximum atomic E-state index is 14.7. The molecule has 1 aliphatic heterocycles. The molecule has 7 heteroatoms. The summed E-state index contributed by atoms with van der Waals surface area (Å²) in [5.74, 6) is 2.26. The van der Waals surface area contributed by atoms with Gasteiger partial charge in [0.05, 0.1) is 18.8 Å². The van der Waals surface area contributed by atoms with Crippen LogP contribution in [0.1, 0.15) is 88.5 Å². The zero-order chi connectivity index (χ0) is 26.4. The van der Waals surface area contributed by atoms with Crippen LogP contribution in [-0.2, 0) is 9.47 Å². The quantitative estimate of drug-likeness (QED) is 0.196. The zero-order valence-corrected chi connectivity index (χ0v) is 21.3. The van der Waals surface area contributed by atoms with Gasteiger partial charge in [-0.25, -0.2) is 8.78 Å². The summed E-state index contributed by atoms with van der Waals surface area (Å²) in [5, 5.41) is 0.204. The van der Waals surface area contributed by atoms with Crippen LogP contribution in [0.5, 0.6) is 0 Å². The number of alkyl halides is 3. The van der Waals surface area contributed by atoms with Crippen LogP contribution in [-0.4, -0.2) is 19.4 Å². The molecule has 2 aliphatic rings. The van der Waals surface area contributed by atoms with E-state index in [2.05, 4.69) is 6.92 Å². The number of unbranched alkanes of at least 4 members (excludes halogenated alkanes) is 2. The van der Waals surface area contributed by atoms with Crippen molar-refractivity contribution in [2.75, 3.05) is 13.2 Å². The molecule has 0 spiro atoms. The molecule has 37 heavy (non-hydrogen) atoms. The Bertz CT molecular complexity index is 1100. The van der Waals surface area contributed by atoms with Crippen LogP contribution in [0.2, 0.25) is 0 Å². The van der Waals surface area contributed by atoms with Gasteiger partial charge < -0.3 is 9.47 Å². The van der Waals surface area contributed by atoms with E-state index in [1.807, 2.05) is 0 Å². The Morgan fingerprint density at radius 3 is 2.16 bits per heavy atom. The van der Waals surface area contributed by atoms with Crippen molar-refractivity contribution < 1.29 is 31.4 Å². The summed E-state index contributed by atoms with van der Waals surface area (Å²) in [7, 11) is 0. The number of fused-ring (bicyclic) bond motifs is 1. The van der Waals surface area contributed by atoms with Gasteiger partial charge in [-0.15, -0.1) is 0 Å². The van der Waals surface area contributed by atoms with E-state index in [-0.39, 0.29) is 10.8 Å². The van der Waals surface area contributed by atoms with Gasteiger partial charge in [0, 0.05) is 22.8 Å². The summed E-state index contributed by atoms with van der Waals surface area (Å²) in [4.78, 5) is 0. The topological polar surface area (TPSA) is 18.5 Å². The summed E-state index contributed by atoms with van der Waals surface area (Å²) >= 11 is 0. The van der Waals surface area contributed by atoms with Gasteiger partial charge in [-0.1, -0.05) is 82.8 Å². The number of halogens is 5. The van der Waals surface area contributed by atoms with E-state index in [1.165, 1.54) is 63.9 Å². The van der Waals surface area contributed by atoms with Crippen LogP contribution in [0.3, 0.4) is 0 Å². The smallest absolute Gasteiger partial charge is 0.348 e. The normalized spacial score (nSPS) is 24.6. The minimum absolute atomic E-state index is 0.00889. The molecule has 2 fully saturated rings. The molecule has 0 bridgehead atoms. The first-order valence-electron chi connectivity index (χ1n) is 13.5. The largest absolute Gasteiger partial charge is 0.458 e. The predicted octanol–water partition coefficient (Wildman–Crippen LogP) is 8.86. The van der Waals surface area contributed by atoms with Gasteiger partial charge in [-0.3, -0.25) is 0 Å². The van der Waals surface area contributed by atoms with Crippen LogP contribution in [0.25, 0.3) is 10.8 Å². The van der Waals surface area contributed by atoms with Crippen molar-refractivity contribution in [3.05, 3.63) is 47.0 Å². The van der Waals surface area contributed by atoms with Crippen molar-refractivity contribution in [3.63, 3.8) is 0 Å². The Morgan fingerprint density at radius 2 is 1.51 bits per heavy atom. The zero-order valence-electron chi connectivity index (χ0n) is 21.3. The van der Waals surface area contributed by atoms with Crippen molar-refractivity contribution in [1.29, 1.82) is 0 Å². The third-order valence-electron chi connectivity index (χ3n) is 7.79. The van der Waals surface area contributed by atoms with Crippen LogP contribution in [0.4, 0.5) is 22.0 Å². The summed E-state index contributed by atoms with van der Waals surface area (Å²) < 4.78 is 78.0. The molecule has 0 aromatic heterocycles. The number of ether oxygens (including phenoxy) is 2. The van der Waals surface area contributed by atoms with Gasteiger partial charge >= 0.3 is 6.18 Å². The Kier molecular flexibility index (Phi) is 9.47. The van der Waals surface area contributed by atoms with Crippen molar-refractivity contribution >= 4 is 10.8 Å². The van der Waals surface area contributed by atoms with Crippen molar-refractivity contribution in [1.82, 2.24) is 0 Å². The van der Waals surface area contributed by atoms with E-state index in [4.69, 9.17) is 9.47 Å². The van der Waals surface area contributed by atoms with E-state index in [0.29, 0.717) is 24.7 Å². The summed E-state index contributed by atoms with van der Waals surface area (Å²) in [5.41, 5.74) is -0.282. The molecular formula is C30H35F5O2. The van der Waals surface area contributed by atoms with Crippen LogP contribution in [0.15, 0.2) is 24.3 Å². The number of rotatable bonds is 8. The summed E-state index contributed by atoms with van der Waals surface area (Å²) in [6.45, 7) is 3.37. The summed E-state index contributed by atoms with van der Waals surface area (Å²) in [6, 6.07) is 5.53. The van der Waals surface area contributed by atoms with Gasteiger partial charge in [0.25, 0.3) is 0 Å². The fourth-order valence-corrected chi connectivity index (χ4v) is 5.61. The molecule has 0 N–H and O–H groups in total. The highest BCUT2D eigenvalue weighted by atomic mass is 19.4. The SMILES string of the molecule is CCCCCC1CCC(CCC2COC(c3ccc4c(F)c(C#CC(F)(F)F)c(F)cc4c3)OC2)CC1. The molecule has 0 atom stereocenters. The van der Waals surface area contributed by atoms with E-state index >= 15 is 0 Å². The lowest BCUT2D eigenvalue weighted by molar-refractivity contribution is -0.206. The Labute approximate surface area is 215 Å². The molecule has 1 saturated carbocycles. The fourth-order valence-electron chi connectivity index (χ4n) is 5.61. The lowest BCUT2D eigenvalue weighted by atomic mass is 9.77. The maximum Gasteiger partial charge on any atom is 0.458 e. The van der Waals surface area contributed by atoms with Gasteiger partial charge in [0.2, 0.25) is 0 Å². The second kappa shape index (κ2) is 12.6. The molecule has 2 aromatic rings. The van der Waals surface area contributed by atoms with Gasteiger partial charge in [0.15, 0.2) is 6.29 Å². The van der Waals surface area contributed by atoms with E-state index in [9.17, 15) is 22.0 Å². The number of hydrogen-bond donors (Lipinski definition) is 0. The maximum absolute atomic E-state index is 14.7. The van der Waals surface area contributed by atoms with Crippen LogP contribution >= 0.6 is 0 Å². The highest BCUT2D eigenvalue weighted by Gasteiger charge is 2.27. The average Bonchev–Trinajstić information content (AvgIpc) is 2.87. The lowest BCUT2D eigenvalue weighted by Crippen LogP contribution is -2.28. The first kappa shape index (κ1) is 27.9. The Morgan fingerprint density at radius 1 is 0.865 bits per heavy atom. The van der Waals surface area contributed by atoms with E-state index < -0.39 is 29.7 Å². The van der Waals surface area contributed by atoms with Gasteiger partial charge in [0.1, 0.15) is 11.6 Å². The molecule has 1 aliphatic carbocycles. The first-order valence-corrected chi connectivity index (χ1v) is 13.5. The first-order chi connectivity index (χ1) is 17.7. The van der Waals surface area contributed by atoms with Crippen LogP contribution < -0.4 is 0 Å². The molecule has 0 amide bonds. The van der Waals surface area contributed by atoms with Gasteiger partial charge in [-0.05, 0) is 35.8 Å². The van der Waals surface area contributed by atoms with E-state index in [0.717, 1.165) is 30.2 Å². The molecule has 202 valence electrons. The molecule has 2 nitrogen and oxygen atoms in total. The predicted molar refractivity (Wildman–Crippen MR) is 134 cm³/mol. The third kappa shape index (κ3) is 7.67. The van der Waals surface area contributed by atoms with E-state index in [1.54, 1.807) is 18.1 Å². The lowest BCUT2D eigenvalue weighted by Gasteiger charge is -2.32. The fraction of sp³-hybridized carbons (Fsp3) is 0.600. The van der Waals surface area contributed by atoms with Crippen molar-refractivity contribution in [3.8, 4) is 11.8 Å². The average molecular weight is 523 g/mol. The highest BCUT2D eigenvalue weighted by molar-refractivity contribution is 5.85. The molecule has 2 aromatic carbocycles. The standard InChI is InChI=1S/C30H35F5O2/c1-2-3-4-5-20-6-8-21(9-7-20)10-11-22-18-36-29(37-19-22)23-12-13-25-24(16-23)17-27(31)26(28(25)32)14-15-30(33,34)35/h12-13,16-17,20-22,29H,2-11,18-19H2,1H3. The number of benzene rings is 2. The van der Waals surface area contributed by atoms with Crippen molar-refractivity contribution in [2.45, 2.75) is 83.6 Å². The third-order valence-corrected chi connectivity index (χ3v) is 7.79. The molecule has 1 saturated heterocycles. The Hall–Kier alpha value is -2.17. The molecular weight excluding hydrogens is 487 g/mol. The molecule has 0 radical (unpaired) electrons. The monoisotopic (exact) mass is 522 g/mol. The highest BCUT2D eigenvalue weighted by Crippen LogP contribution is 2.36. The molecule has 0 unspecified atom stereocenters. The second-order valence-electron chi connectivity index (χ2n) is 10.6. The second-order valence-corrected chi connectivity index (χ2v) is 10.6. The van der Waals surface area contributed by atoms with Crippen molar-refractivity contribution in [2.24, 2.45) is 17.8 Å². The molecule has 4 rings (SSSR count). The minimum atomic E-state index is -4.83. The summed E-state index contributed by atoms with van der Waals surface area (Å²) in [6.07, 6.45) is 7.50. The molecule has 1 heterocycles. The van der Waals surface area contributed by atoms with Crippen LogP contribution in [0, 0.1) is 41.2 Å². The number of hydrogen-bond acceptors (Lipinski definition) is 2. The minimum Gasteiger partial charge on any atom is -0.348 e. The van der Waals surface area contributed by atoms with Gasteiger partial charge in [-0.2, -0.15) is 13.2 Å². The Balaban J connectivity index is 1.28.